The third-order valence-corrected chi connectivity index (χ3v) is 2.53. The van der Waals surface area contributed by atoms with Gasteiger partial charge in [-0.25, -0.2) is 4.98 Å². The van der Waals surface area contributed by atoms with E-state index in [9.17, 15) is 4.79 Å². The Morgan fingerprint density at radius 3 is 2.76 bits per heavy atom. The van der Waals surface area contributed by atoms with E-state index in [1.807, 2.05) is 25.3 Å². The minimum Gasteiger partial charge on any atom is -0.352 e. The summed E-state index contributed by atoms with van der Waals surface area (Å²) in [7, 11) is 0. The molecule has 1 rings (SSSR count). The van der Waals surface area contributed by atoms with Crippen molar-refractivity contribution in [2.75, 3.05) is 6.54 Å². The SMILES string of the molecule is CCNCc1cncn1C(C)C(=O)NC(C)C. The third kappa shape index (κ3) is 3.85. The first-order valence-corrected chi connectivity index (χ1v) is 6.08. The summed E-state index contributed by atoms with van der Waals surface area (Å²) in [5.74, 6) is 0.0238. The van der Waals surface area contributed by atoms with Crippen molar-refractivity contribution in [3.8, 4) is 0 Å². The monoisotopic (exact) mass is 238 g/mol. The predicted molar refractivity (Wildman–Crippen MR) is 67.6 cm³/mol. The summed E-state index contributed by atoms with van der Waals surface area (Å²) < 4.78 is 1.90. The number of carbonyl (C=O) groups excluding carboxylic acids is 1. The lowest BCUT2D eigenvalue weighted by atomic mass is 10.2. The van der Waals surface area contributed by atoms with Gasteiger partial charge in [-0.15, -0.1) is 0 Å². The van der Waals surface area contributed by atoms with Crippen molar-refractivity contribution in [1.29, 1.82) is 0 Å². The minimum absolute atomic E-state index is 0.0238. The van der Waals surface area contributed by atoms with Crippen LogP contribution in [0.4, 0.5) is 0 Å². The van der Waals surface area contributed by atoms with Crippen LogP contribution in [0.15, 0.2) is 12.5 Å². The minimum atomic E-state index is -0.228. The highest BCUT2D eigenvalue weighted by Gasteiger charge is 2.17. The van der Waals surface area contributed by atoms with Crippen LogP contribution < -0.4 is 10.6 Å². The van der Waals surface area contributed by atoms with Gasteiger partial charge in [0.2, 0.25) is 5.91 Å². The zero-order valence-electron chi connectivity index (χ0n) is 11.0. The first-order chi connectivity index (χ1) is 8.06. The van der Waals surface area contributed by atoms with Gasteiger partial charge < -0.3 is 15.2 Å². The molecule has 1 unspecified atom stereocenters. The molecule has 1 aromatic rings. The van der Waals surface area contributed by atoms with Crippen LogP contribution in [0.2, 0.25) is 0 Å². The van der Waals surface area contributed by atoms with Crippen LogP contribution in [0.5, 0.6) is 0 Å². The number of amides is 1. The summed E-state index contributed by atoms with van der Waals surface area (Å²) in [4.78, 5) is 16.0. The molecule has 0 fully saturated rings. The van der Waals surface area contributed by atoms with Gasteiger partial charge in [-0.2, -0.15) is 0 Å². The van der Waals surface area contributed by atoms with Gasteiger partial charge in [0.1, 0.15) is 6.04 Å². The van der Waals surface area contributed by atoms with E-state index in [1.54, 1.807) is 12.5 Å². The highest BCUT2D eigenvalue weighted by atomic mass is 16.2. The van der Waals surface area contributed by atoms with Gasteiger partial charge >= 0.3 is 0 Å². The van der Waals surface area contributed by atoms with Crippen LogP contribution in [-0.2, 0) is 11.3 Å². The van der Waals surface area contributed by atoms with E-state index in [4.69, 9.17) is 0 Å². The topological polar surface area (TPSA) is 59.0 Å². The first-order valence-electron chi connectivity index (χ1n) is 6.08. The number of rotatable bonds is 6. The maximum absolute atomic E-state index is 11.9. The Kier molecular flexibility index (Phi) is 5.15. The van der Waals surface area contributed by atoms with E-state index in [-0.39, 0.29) is 18.0 Å². The van der Waals surface area contributed by atoms with Crippen molar-refractivity contribution >= 4 is 5.91 Å². The first kappa shape index (κ1) is 13.7. The van der Waals surface area contributed by atoms with Crippen LogP contribution >= 0.6 is 0 Å². The lowest BCUT2D eigenvalue weighted by Crippen LogP contribution is -2.36. The van der Waals surface area contributed by atoms with Gasteiger partial charge in [0.25, 0.3) is 0 Å². The highest BCUT2D eigenvalue weighted by Crippen LogP contribution is 2.10. The number of aromatic nitrogens is 2. The number of imidazole rings is 1. The van der Waals surface area contributed by atoms with Crippen molar-refractivity contribution < 1.29 is 4.79 Å². The van der Waals surface area contributed by atoms with Crippen molar-refractivity contribution in [2.45, 2.75) is 46.3 Å². The maximum atomic E-state index is 11.9. The Bertz CT molecular complexity index is 359. The van der Waals surface area contributed by atoms with E-state index in [1.165, 1.54) is 0 Å². The van der Waals surface area contributed by atoms with E-state index in [0.29, 0.717) is 0 Å². The number of hydrogen-bond donors (Lipinski definition) is 2. The van der Waals surface area contributed by atoms with E-state index in [2.05, 4.69) is 22.5 Å². The second kappa shape index (κ2) is 6.39. The zero-order valence-corrected chi connectivity index (χ0v) is 11.0. The third-order valence-electron chi connectivity index (χ3n) is 2.53. The molecule has 0 aliphatic heterocycles. The average molecular weight is 238 g/mol. The van der Waals surface area contributed by atoms with Gasteiger partial charge in [0.05, 0.1) is 12.0 Å². The number of nitrogens with one attached hydrogen (secondary N) is 2. The normalized spacial score (nSPS) is 12.8. The number of carbonyl (C=O) groups is 1. The lowest BCUT2D eigenvalue weighted by molar-refractivity contribution is -0.124. The van der Waals surface area contributed by atoms with Gasteiger partial charge in [-0.05, 0) is 27.3 Å². The second-order valence-electron chi connectivity index (χ2n) is 4.41. The van der Waals surface area contributed by atoms with Crippen molar-refractivity contribution in [2.24, 2.45) is 0 Å². The second-order valence-corrected chi connectivity index (χ2v) is 4.41. The Hall–Kier alpha value is -1.36. The average Bonchev–Trinajstić information content (AvgIpc) is 2.72. The van der Waals surface area contributed by atoms with Gasteiger partial charge in [-0.3, -0.25) is 4.79 Å². The molecule has 2 N–H and O–H groups in total. The Morgan fingerprint density at radius 1 is 1.47 bits per heavy atom. The van der Waals surface area contributed by atoms with Crippen molar-refractivity contribution in [1.82, 2.24) is 20.2 Å². The van der Waals surface area contributed by atoms with E-state index in [0.717, 1.165) is 18.8 Å². The molecule has 17 heavy (non-hydrogen) atoms. The fraction of sp³-hybridized carbons (Fsp3) is 0.667. The highest BCUT2D eigenvalue weighted by molar-refractivity contribution is 5.80. The smallest absolute Gasteiger partial charge is 0.243 e. The molecule has 0 bridgehead atoms. The molecular weight excluding hydrogens is 216 g/mol. The Balaban J connectivity index is 2.70. The molecule has 1 amide bonds. The molecule has 1 heterocycles. The Morgan fingerprint density at radius 2 is 2.18 bits per heavy atom. The summed E-state index contributed by atoms with van der Waals surface area (Å²) in [6.45, 7) is 9.48. The maximum Gasteiger partial charge on any atom is 0.243 e. The fourth-order valence-electron chi connectivity index (χ4n) is 1.60. The molecule has 0 saturated heterocycles. The van der Waals surface area contributed by atoms with Gasteiger partial charge in [0, 0.05) is 18.8 Å². The van der Waals surface area contributed by atoms with Crippen LogP contribution in [-0.4, -0.2) is 28.0 Å². The molecule has 0 radical (unpaired) electrons. The quantitative estimate of drug-likeness (QED) is 0.779. The molecule has 96 valence electrons. The van der Waals surface area contributed by atoms with E-state index < -0.39 is 0 Å². The molecule has 0 aromatic carbocycles. The molecule has 5 nitrogen and oxygen atoms in total. The van der Waals surface area contributed by atoms with E-state index >= 15 is 0 Å². The summed E-state index contributed by atoms with van der Waals surface area (Å²) in [6, 6.07) is -0.0701. The largest absolute Gasteiger partial charge is 0.352 e. The molecule has 0 aliphatic carbocycles. The molecule has 1 aromatic heterocycles. The molecule has 0 saturated carbocycles. The van der Waals surface area contributed by atoms with Gasteiger partial charge in [-0.1, -0.05) is 6.92 Å². The summed E-state index contributed by atoms with van der Waals surface area (Å²) >= 11 is 0. The van der Waals surface area contributed by atoms with Crippen molar-refractivity contribution in [3.05, 3.63) is 18.2 Å². The summed E-state index contributed by atoms with van der Waals surface area (Å²) in [6.07, 6.45) is 3.50. The standard InChI is InChI=1S/C12H22N4O/c1-5-13-6-11-7-14-8-16(11)10(4)12(17)15-9(2)3/h7-10,13H,5-6H2,1-4H3,(H,15,17). The van der Waals surface area contributed by atoms with Gasteiger partial charge in [0.15, 0.2) is 0 Å². The lowest BCUT2D eigenvalue weighted by Gasteiger charge is -2.18. The Labute approximate surface area is 103 Å². The molecule has 0 aliphatic rings. The van der Waals surface area contributed by atoms with Crippen LogP contribution in [0.3, 0.4) is 0 Å². The van der Waals surface area contributed by atoms with Crippen LogP contribution in [0, 0.1) is 0 Å². The molecule has 0 spiro atoms. The molecule has 1 atom stereocenters. The van der Waals surface area contributed by atoms with Crippen molar-refractivity contribution in [3.63, 3.8) is 0 Å². The summed E-state index contributed by atoms with van der Waals surface area (Å²) in [5.41, 5.74) is 1.03. The summed E-state index contributed by atoms with van der Waals surface area (Å²) in [5, 5.41) is 6.14. The van der Waals surface area contributed by atoms with Crippen LogP contribution in [0.1, 0.15) is 39.4 Å². The predicted octanol–water partition coefficient (Wildman–Crippen LogP) is 1.08. The molecular formula is C12H22N4O. The molecule has 5 heteroatoms. The zero-order chi connectivity index (χ0) is 12.8. The number of nitrogens with zero attached hydrogens (tertiary/aromatic N) is 2. The van der Waals surface area contributed by atoms with Crippen LogP contribution in [0.25, 0.3) is 0 Å². The number of hydrogen-bond acceptors (Lipinski definition) is 3. The fourth-order valence-corrected chi connectivity index (χ4v) is 1.60.